The van der Waals surface area contributed by atoms with Gasteiger partial charge in [0.05, 0.1) is 4.90 Å². The second-order valence-electron chi connectivity index (χ2n) is 4.90. The van der Waals surface area contributed by atoms with Gasteiger partial charge < -0.3 is 5.32 Å². The van der Waals surface area contributed by atoms with Crippen molar-refractivity contribution in [2.24, 2.45) is 0 Å². The van der Waals surface area contributed by atoms with Crippen LogP contribution in [0, 0.1) is 6.92 Å². The van der Waals surface area contributed by atoms with Crippen LogP contribution in [0.3, 0.4) is 0 Å². The summed E-state index contributed by atoms with van der Waals surface area (Å²) >= 11 is 0. The molecule has 2 rings (SSSR count). The highest BCUT2D eigenvalue weighted by Crippen LogP contribution is 2.21. The zero-order chi connectivity index (χ0) is 15.6. The summed E-state index contributed by atoms with van der Waals surface area (Å²) in [6.45, 7) is 3.53. The number of nitrogens with zero attached hydrogens (tertiary/aromatic N) is 2. The van der Waals surface area contributed by atoms with Crippen LogP contribution >= 0.6 is 0 Å². The van der Waals surface area contributed by atoms with E-state index < -0.39 is 15.9 Å². The first kappa shape index (κ1) is 15.2. The minimum absolute atomic E-state index is 0.176. The Kier molecular flexibility index (Phi) is 4.13. The highest BCUT2D eigenvalue weighted by atomic mass is 32.2. The molecule has 2 aromatic rings. The standard InChI is InChI=1S/C14H17N3O3S/c1-10-5-6-12(21(3,19)20)9-13(10)16-14(18)11(2)17-8-4-7-15-17/h4-9,11H,1-3H3,(H,16,18)/t11-/m0/s1. The zero-order valence-corrected chi connectivity index (χ0v) is 12.9. The quantitative estimate of drug-likeness (QED) is 0.934. The summed E-state index contributed by atoms with van der Waals surface area (Å²) in [5.41, 5.74) is 1.28. The minimum atomic E-state index is -3.31. The van der Waals surface area contributed by atoms with E-state index in [-0.39, 0.29) is 10.8 Å². The lowest BCUT2D eigenvalue weighted by atomic mass is 10.2. The molecule has 1 aromatic heterocycles. The van der Waals surface area contributed by atoms with Crippen molar-refractivity contribution < 1.29 is 13.2 Å². The number of hydrogen-bond acceptors (Lipinski definition) is 4. The number of carbonyl (C=O) groups excluding carboxylic acids is 1. The fourth-order valence-electron chi connectivity index (χ4n) is 1.83. The van der Waals surface area contributed by atoms with Gasteiger partial charge >= 0.3 is 0 Å². The van der Waals surface area contributed by atoms with Crippen LogP contribution in [0.25, 0.3) is 0 Å². The Morgan fingerprint density at radius 2 is 2.10 bits per heavy atom. The lowest BCUT2D eigenvalue weighted by molar-refractivity contribution is -0.119. The summed E-state index contributed by atoms with van der Waals surface area (Å²) in [4.78, 5) is 12.4. The third-order valence-electron chi connectivity index (χ3n) is 3.20. The Morgan fingerprint density at radius 3 is 2.67 bits per heavy atom. The Hall–Kier alpha value is -2.15. The lowest BCUT2D eigenvalue weighted by Crippen LogP contribution is -2.24. The van der Waals surface area contributed by atoms with Crippen molar-refractivity contribution in [1.82, 2.24) is 9.78 Å². The van der Waals surface area contributed by atoms with E-state index in [2.05, 4.69) is 10.4 Å². The number of nitrogens with one attached hydrogen (secondary N) is 1. The molecule has 1 atom stereocenters. The number of rotatable bonds is 4. The molecule has 21 heavy (non-hydrogen) atoms. The molecular formula is C14H17N3O3S. The van der Waals surface area contributed by atoms with Crippen molar-refractivity contribution >= 4 is 21.4 Å². The first-order chi connectivity index (χ1) is 9.79. The Labute approximate surface area is 123 Å². The number of hydrogen-bond donors (Lipinski definition) is 1. The predicted molar refractivity (Wildman–Crippen MR) is 79.9 cm³/mol. The van der Waals surface area contributed by atoms with Gasteiger partial charge in [0.25, 0.3) is 0 Å². The van der Waals surface area contributed by atoms with Crippen LogP contribution in [0.15, 0.2) is 41.6 Å². The van der Waals surface area contributed by atoms with Crippen LogP contribution in [0.2, 0.25) is 0 Å². The second-order valence-corrected chi connectivity index (χ2v) is 6.92. The third kappa shape index (κ3) is 3.49. The number of aryl methyl sites for hydroxylation is 1. The molecule has 0 unspecified atom stereocenters. The molecule has 1 amide bonds. The minimum Gasteiger partial charge on any atom is -0.324 e. The average molecular weight is 307 g/mol. The Bertz CT molecular complexity index is 752. The molecule has 0 spiro atoms. The van der Waals surface area contributed by atoms with Gasteiger partial charge in [0, 0.05) is 24.3 Å². The summed E-state index contributed by atoms with van der Waals surface area (Å²) in [6, 6.07) is 5.92. The lowest BCUT2D eigenvalue weighted by Gasteiger charge is -2.14. The molecule has 0 aliphatic rings. The van der Waals surface area contributed by atoms with E-state index in [4.69, 9.17) is 0 Å². The summed E-state index contributed by atoms with van der Waals surface area (Å²) in [5, 5.41) is 6.76. The van der Waals surface area contributed by atoms with Gasteiger partial charge in [0.1, 0.15) is 6.04 Å². The van der Waals surface area contributed by atoms with Crippen molar-refractivity contribution in [3.8, 4) is 0 Å². The van der Waals surface area contributed by atoms with Crippen LogP contribution in [0.1, 0.15) is 18.5 Å². The normalized spacial score (nSPS) is 12.9. The predicted octanol–water partition coefficient (Wildman–Crippen LogP) is 1.79. The maximum atomic E-state index is 12.2. The van der Waals surface area contributed by atoms with Crippen molar-refractivity contribution in [1.29, 1.82) is 0 Å². The van der Waals surface area contributed by atoms with Gasteiger partial charge in [-0.05, 0) is 37.6 Å². The molecule has 0 aliphatic heterocycles. The molecule has 1 aromatic carbocycles. The van der Waals surface area contributed by atoms with Gasteiger partial charge in [0.2, 0.25) is 5.91 Å². The van der Waals surface area contributed by atoms with Gasteiger partial charge in [-0.3, -0.25) is 9.48 Å². The van der Waals surface area contributed by atoms with E-state index >= 15 is 0 Å². The van der Waals surface area contributed by atoms with E-state index in [1.807, 2.05) is 0 Å². The number of amides is 1. The summed E-state index contributed by atoms with van der Waals surface area (Å²) in [6.07, 6.45) is 4.43. The van der Waals surface area contributed by atoms with E-state index in [1.165, 1.54) is 16.8 Å². The van der Waals surface area contributed by atoms with Gasteiger partial charge in [-0.1, -0.05) is 6.07 Å². The Morgan fingerprint density at radius 1 is 1.38 bits per heavy atom. The number of anilines is 1. The van der Waals surface area contributed by atoms with E-state index in [0.29, 0.717) is 5.69 Å². The second kappa shape index (κ2) is 5.69. The largest absolute Gasteiger partial charge is 0.324 e. The maximum absolute atomic E-state index is 12.2. The average Bonchev–Trinajstić information content (AvgIpc) is 2.92. The van der Waals surface area contributed by atoms with Crippen molar-refractivity contribution in [3.63, 3.8) is 0 Å². The van der Waals surface area contributed by atoms with Crippen LogP contribution in [-0.4, -0.2) is 30.4 Å². The molecule has 0 saturated carbocycles. The highest BCUT2D eigenvalue weighted by molar-refractivity contribution is 7.90. The van der Waals surface area contributed by atoms with Gasteiger partial charge in [-0.15, -0.1) is 0 Å². The molecule has 1 N–H and O–H groups in total. The first-order valence-electron chi connectivity index (χ1n) is 6.40. The molecule has 0 radical (unpaired) electrons. The first-order valence-corrected chi connectivity index (χ1v) is 8.29. The van der Waals surface area contributed by atoms with Crippen LogP contribution in [0.5, 0.6) is 0 Å². The summed E-state index contributed by atoms with van der Waals surface area (Å²) < 4.78 is 24.7. The SMILES string of the molecule is Cc1ccc(S(C)(=O)=O)cc1NC(=O)[C@H](C)n1cccn1. The van der Waals surface area contributed by atoms with Gasteiger partial charge in [0.15, 0.2) is 9.84 Å². The van der Waals surface area contributed by atoms with Crippen LogP contribution in [0.4, 0.5) is 5.69 Å². The van der Waals surface area contributed by atoms with Crippen molar-refractivity contribution in [2.45, 2.75) is 24.8 Å². The molecular weight excluding hydrogens is 290 g/mol. The monoisotopic (exact) mass is 307 g/mol. The molecule has 0 bridgehead atoms. The summed E-state index contributed by atoms with van der Waals surface area (Å²) in [5.74, 6) is -0.257. The number of benzene rings is 1. The molecule has 112 valence electrons. The number of carbonyl (C=O) groups is 1. The zero-order valence-electron chi connectivity index (χ0n) is 12.1. The summed E-state index contributed by atoms with van der Waals surface area (Å²) in [7, 11) is -3.31. The third-order valence-corrected chi connectivity index (χ3v) is 4.31. The van der Waals surface area contributed by atoms with Crippen LogP contribution in [-0.2, 0) is 14.6 Å². The molecule has 6 nitrogen and oxygen atoms in total. The maximum Gasteiger partial charge on any atom is 0.248 e. The highest BCUT2D eigenvalue weighted by Gasteiger charge is 2.17. The van der Waals surface area contributed by atoms with E-state index in [1.54, 1.807) is 38.4 Å². The van der Waals surface area contributed by atoms with Crippen molar-refractivity contribution in [3.05, 3.63) is 42.2 Å². The molecule has 1 heterocycles. The Balaban J connectivity index is 2.25. The molecule has 0 fully saturated rings. The van der Waals surface area contributed by atoms with Crippen molar-refractivity contribution in [2.75, 3.05) is 11.6 Å². The molecule has 7 heteroatoms. The fraction of sp³-hybridized carbons (Fsp3) is 0.286. The number of aromatic nitrogens is 2. The smallest absolute Gasteiger partial charge is 0.248 e. The molecule has 0 saturated heterocycles. The topological polar surface area (TPSA) is 81.1 Å². The van der Waals surface area contributed by atoms with E-state index in [0.717, 1.165) is 11.8 Å². The van der Waals surface area contributed by atoms with Gasteiger partial charge in [-0.2, -0.15) is 5.10 Å². The van der Waals surface area contributed by atoms with Gasteiger partial charge in [-0.25, -0.2) is 8.42 Å². The van der Waals surface area contributed by atoms with Crippen LogP contribution < -0.4 is 5.32 Å². The fourth-order valence-corrected chi connectivity index (χ4v) is 2.48. The molecule has 0 aliphatic carbocycles. The van der Waals surface area contributed by atoms with E-state index in [9.17, 15) is 13.2 Å². The number of sulfone groups is 1.